The summed E-state index contributed by atoms with van der Waals surface area (Å²) in [6, 6.07) is 3.68. The number of alkyl carbamates (subject to hydrolysis) is 1. The van der Waals surface area contributed by atoms with Gasteiger partial charge in [0.2, 0.25) is 0 Å². The molecule has 9 nitrogen and oxygen atoms in total. The first-order chi connectivity index (χ1) is 11.0. The Morgan fingerprint density at radius 3 is 2.38 bits per heavy atom. The summed E-state index contributed by atoms with van der Waals surface area (Å²) in [5.74, 6) is -1.29. The summed E-state index contributed by atoms with van der Waals surface area (Å²) in [6.07, 6.45) is -0.883. The number of carbonyl (C=O) groups is 2. The minimum Gasteiger partial charge on any atom is -0.480 e. The van der Waals surface area contributed by atoms with Crippen LogP contribution in [-0.2, 0) is 9.53 Å². The molecule has 1 rings (SSSR count). The van der Waals surface area contributed by atoms with Gasteiger partial charge in [-0.15, -0.1) is 0 Å². The fraction of sp³-hybridized carbons (Fsp3) is 0.467. The predicted octanol–water partition coefficient (Wildman–Crippen LogP) is 2.37. The normalized spacial score (nSPS) is 13.5. The number of carboxylic acids is 1. The van der Waals surface area contributed by atoms with Crippen LogP contribution in [0.25, 0.3) is 0 Å². The van der Waals surface area contributed by atoms with Crippen LogP contribution in [0.15, 0.2) is 24.3 Å². The Labute approximate surface area is 139 Å². The quantitative estimate of drug-likeness (QED) is 0.535. The van der Waals surface area contributed by atoms with E-state index < -0.39 is 34.7 Å². The molecule has 2 atom stereocenters. The highest BCUT2D eigenvalue weighted by Gasteiger charge is 2.30. The van der Waals surface area contributed by atoms with Crippen LogP contribution in [-0.4, -0.2) is 39.8 Å². The molecule has 1 aromatic carbocycles. The number of nitrogens with zero attached hydrogens (tertiary/aromatic N) is 1. The van der Waals surface area contributed by atoms with E-state index in [1.807, 2.05) is 0 Å². The molecule has 0 heterocycles. The van der Waals surface area contributed by atoms with Crippen molar-refractivity contribution in [1.29, 1.82) is 0 Å². The van der Waals surface area contributed by atoms with Gasteiger partial charge in [-0.3, -0.25) is 10.1 Å². The lowest BCUT2D eigenvalue weighted by molar-refractivity contribution is -0.384. The van der Waals surface area contributed by atoms with Crippen molar-refractivity contribution in [3.05, 3.63) is 34.4 Å². The number of carbonyl (C=O) groups excluding carboxylic acids is 1. The molecule has 0 unspecified atom stereocenters. The lowest BCUT2D eigenvalue weighted by Crippen LogP contribution is -2.51. The number of benzene rings is 1. The molecule has 0 aliphatic carbocycles. The monoisotopic (exact) mass is 339 g/mol. The van der Waals surface area contributed by atoms with Crippen molar-refractivity contribution in [2.24, 2.45) is 0 Å². The molecule has 0 aliphatic heterocycles. The van der Waals surface area contributed by atoms with Crippen LogP contribution in [0.1, 0.15) is 27.7 Å². The van der Waals surface area contributed by atoms with Crippen LogP contribution >= 0.6 is 0 Å². The van der Waals surface area contributed by atoms with E-state index in [1.54, 1.807) is 26.8 Å². The topological polar surface area (TPSA) is 131 Å². The van der Waals surface area contributed by atoms with Crippen LogP contribution in [0.2, 0.25) is 0 Å². The zero-order valence-corrected chi connectivity index (χ0v) is 13.9. The van der Waals surface area contributed by atoms with Crippen molar-refractivity contribution < 1.29 is 24.4 Å². The summed E-state index contributed by atoms with van der Waals surface area (Å²) in [5.41, 5.74) is -0.805. The van der Waals surface area contributed by atoms with Gasteiger partial charge in [0.25, 0.3) is 5.69 Å². The number of anilines is 1. The van der Waals surface area contributed by atoms with Crippen molar-refractivity contribution in [2.45, 2.75) is 45.4 Å². The first kappa shape index (κ1) is 19.2. The minimum absolute atomic E-state index is 0.159. The molecule has 0 saturated carbocycles. The highest BCUT2D eigenvalue weighted by molar-refractivity contribution is 5.81. The van der Waals surface area contributed by atoms with Gasteiger partial charge < -0.3 is 20.5 Å². The highest BCUT2D eigenvalue weighted by Crippen LogP contribution is 2.24. The van der Waals surface area contributed by atoms with Crippen LogP contribution in [0.3, 0.4) is 0 Å². The Balaban J connectivity index is 2.88. The molecule has 3 N–H and O–H groups in total. The standard InChI is InChI=1S/C15H21N3O6/c1-9(16-10-7-5-6-8-11(10)18(22)23)12(13(19)20)17-14(21)24-15(2,3)4/h5-9,12,16H,1-4H3,(H,17,21)(H,19,20)/t9-,12-/m0/s1. The van der Waals surface area contributed by atoms with E-state index in [1.165, 1.54) is 25.1 Å². The Morgan fingerprint density at radius 2 is 1.88 bits per heavy atom. The van der Waals surface area contributed by atoms with Crippen LogP contribution in [0.4, 0.5) is 16.2 Å². The van der Waals surface area contributed by atoms with Crippen molar-refractivity contribution in [2.75, 3.05) is 5.32 Å². The molecular weight excluding hydrogens is 318 g/mol. The van der Waals surface area contributed by atoms with Gasteiger partial charge in [-0.05, 0) is 33.8 Å². The van der Waals surface area contributed by atoms with Crippen LogP contribution in [0.5, 0.6) is 0 Å². The number of aliphatic carboxylic acids is 1. The molecule has 0 saturated heterocycles. The average molecular weight is 339 g/mol. The molecule has 0 aromatic heterocycles. The first-order valence-corrected chi connectivity index (χ1v) is 7.23. The molecule has 9 heteroatoms. The molecule has 0 bridgehead atoms. The largest absolute Gasteiger partial charge is 0.480 e. The van der Waals surface area contributed by atoms with Crippen LogP contribution < -0.4 is 10.6 Å². The number of carboxylic acid groups (broad SMARTS) is 1. The second-order valence-corrected chi connectivity index (χ2v) is 6.17. The van der Waals surface area contributed by atoms with Crippen molar-refractivity contribution in [1.82, 2.24) is 5.32 Å². The van der Waals surface area contributed by atoms with Gasteiger partial charge in [-0.2, -0.15) is 0 Å². The van der Waals surface area contributed by atoms with Crippen molar-refractivity contribution >= 4 is 23.4 Å². The maximum absolute atomic E-state index is 11.8. The maximum atomic E-state index is 11.8. The predicted molar refractivity (Wildman–Crippen MR) is 87.0 cm³/mol. The zero-order chi connectivity index (χ0) is 18.5. The van der Waals surface area contributed by atoms with Gasteiger partial charge in [0.1, 0.15) is 17.3 Å². The number of ether oxygens (including phenoxy) is 1. The second-order valence-electron chi connectivity index (χ2n) is 6.17. The highest BCUT2D eigenvalue weighted by atomic mass is 16.6. The molecule has 24 heavy (non-hydrogen) atoms. The Kier molecular flexibility index (Phi) is 6.10. The SMILES string of the molecule is C[C@H](Nc1ccccc1[N+](=O)[O-])[C@H](NC(=O)OC(C)(C)C)C(=O)O. The van der Waals surface area contributed by atoms with E-state index in [-0.39, 0.29) is 11.4 Å². The molecular formula is C15H21N3O6. The third-order valence-corrected chi connectivity index (χ3v) is 2.92. The summed E-state index contributed by atoms with van der Waals surface area (Å²) < 4.78 is 5.03. The summed E-state index contributed by atoms with van der Waals surface area (Å²) in [4.78, 5) is 33.6. The Bertz CT molecular complexity index is 626. The number of rotatable bonds is 6. The fourth-order valence-electron chi connectivity index (χ4n) is 1.92. The van der Waals surface area contributed by atoms with Gasteiger partial charge in [0.15, 0.2) is 0 Å². The zero-order valence-electron chi connectivity index (χ0n) is 13.9. The number of amides is 1. The number of nitrogens with one attached hydrogen (secondary N) is 2. The molecule has 1 amide bonds. The van der Waals surface area contributed by atoms with Gasteiger partial charge in [0, 0.05) is 6.07 Å². The molecule has 0 aliphatic rings. The van der Waals surface area contributed by atoms with Crippen molar-refractivity contribution in [3.8, 4) is 0 Å². The fourth-order valence-corrected chi connectivity index (χ4v) is 1.92. The summed E-state index contributed by atoms with van der Waals surface area (Å²) >= 11 is 0. The van der Waals surface area contributed by atoms with Gasteiger partial charge >= 0.3 is 12.1 Å². The minimum atomic E-state index is -1.33. The summed E-state index contributed by atoms with van der Waals surface area (Å²) in [5, 5.41) is 25.3. The first-order valence-electron chi connectivity index (χ1n) is 7.23. The molecule has 132 valence electrons. The maximum Gasteiger partial charge on any atom is 0.408 e. The second kappa shape index (κ2) is 7.62. The Hall–Kier alpha value is -2.84. The third kappa shape index (κ3) is 5.75. The van der Waals surface area contributed by atoms with E-state index in [4.69, 9.17) is 4.74 Å². The molecule has 0 radical (unpaired) electrons. The molecule has 0 fully saturated rings. The number of para-hydroxylation sites is 2. The average Bonchev–Trinajstić information content (AvgIpc) is 2.42. The lowest BCUT2D eigenvalue weighted by atomic mass is 10.1. The van der Waals surface area contributed by atoms with Gasteiger partial charge in [-0.25, -0.2) is 9.59 Å². The number of nitro benzene ring substituents is 1. The number of hydrogen-bond donors (Lipinski definition) is 3. The Morgan fingerprint density at radius 1 is 1.29 bits per heavy atom. The van der Waals surface area contributed by atoms with E-state index in [0.717, 1.165) is 0 Å². The van der Waals surface area contributed by atoms with Gasteiger partial charge in [0.05, 0.1) is 11.0 Å². The summed E-state index contributed by atoms with van der Waals surface area (Å²) in [6.45, 7) is 6.44. The van der Waals surface area contributed by atoms with E-state index in [9.17, 15) is 24.8 Å². The van der Waals surface area contributed by atoms with Gasteiger partial charge in [-0.1, -0.05) is 12.1 Å². The van der Waals surface area contributed by atoms with E-state index in [2.05, 4.69) is 10.6 Å². The number of nitro groups is 1. The van der Waals surface area contributed by atoms with E-state index >= 15 is 0 Å². The van der Waals surface area contributed by atoms with Crippen molar-refractivity contribution in [3.63, 3.8) is 0 Å². The smallest absolute Gasteiger partial charge is 0.408 e. The van der Waals surface area contributed by atoms with E-state index in [0.29, 0.717) is 0 Å². The lowest BCUT2D eigenvalue weighted by Gasteiger charge is -2.25. The molecule has 0 spiro atoms. The summed E-state index contributed by atoms with van der Waals surface area (Å²) in [7, 11) is 0. The third-order valence-electron chi connectivity index (χ3n) is 2.92. The molecule has 1 aromatic rings. The number of hydrogen-bond acceptors (Lipinski definition) is 6. The van der Waals surface area contributed by atoms with Crippen LogP contribution in [0, 0.1) is 10.1 Å².